The van der Waals surface area contributed by atoms with Crippen LogP contribution in [0.15, 0.2) is 42.5 Å². The molecule has 0 heterocycles. The van der Waals surface area contributed by atoms with E-state index in [1.807, 2.05) is 30.3 Å². The Labute approximate surface area is 114 Å². The first-order valence-electron chi connectivity index (χ1n) is 6.65. The highest BCUT2D eigenvalue weighted by molar-refractivity contribution is 5.77. The summed E-state index contributed by atoms with van der Waals surface area (Å²) in [6.07, 6.45) is 6.88. The summed E-state index contributed by atoms with van der Waals surface area (Å²) in [5.41, 5.74) is 1.06. The lowest BCUT2D eigenvalue weighted by atomic mass is 10.0. The van der Waals surface area contributed by atoms with Crippen molar-refractivity contribution in [2.45, 2.75) is 25.8 Å². The molecular formula is C16H18N2O. The van der Waals surface area contributed by atoms with E-state index in [9.17, 15) is 4.79 Å². The molecule has 1 atom stereocenters. The fraction of sp³-hybridized carbons (Fsp3) is 0.375. The maximum atomic E-state index is 12.2. The average molecular weight is 254 g/mol. The van der Waals surface area contributed by atoms with E-state index >= 15 is 0 Å². The predicted molar refractivity (Wildman–Crippen MR) is 74.0 cm³/mol. The summed E-state index contributed by atoms with van der Waals surface area (Å²) in [5, 5.41) is 8.87. The molecule has 1 aliphatic carbocycles. The van der Waals surface area contributed by atoms with Crippen molar-refractivity contribution in [1.29, 1.82) is 5.26 Å². The number of hydrogen-bond acceptors (Lipinski definition) is 2. The minimum atomic E-state index is 0.0713. The first-order chi connectivity index (χ1) is 9.29. The van der Waals surface area contributed by atoms with Crippen LogP contribution in [0.4, 0.5) is 0 Å². The van der Waals surface area contributed by atoms with E-state index in [0.717, 1.165) is 18.4 Å². The molecule has 0 N–H and O–H groups in total. The summed E-state index contributed by atoms with van der Waals surface area (Å²) in [4.78, 5) is 13.9. The topological polar surface area (TPSA) is 44.1 Å². The fourth-order valence-corrected chi connectivity index (χ4v) is 2.34. The molecule has 0 unspecified atom stereocenters. The average Bonchev–Trinajstić information content (AvgIpc) is 2.92. The first-order valence-corrected chi connectivity index (χ1v) is 6.65. The number of hydrogen-bond donors (Lipinski definition) is 0. The molecule has 3 nitrogen and oxygen atoms in total. The van der Waals surface area contributed by atoms with E-state index in [4.69, 9.17) is 5.26 Å². The van der Waals surface area contributed by atoms with Crippen LogP contribution >= 0.6 is 0 Å². The Bertz CT molecular complexity index is 487. The molecule has 0 radical (unpaired) electrons. The van der Waals surface area contributed by atoms with Gasteiger partial charge < -0.3 is 4.90 Å². The number of allylic oxidation sites excluding steroid dienone is 2. The van der Waals surface area contributed by atoms with Gasteiger partial charge in [0.05, 0.1) is 6.07 Å². The van der Waals surface area contributed by atoms with Crippen LogP contribution in [0.5, 0.6) is 0 Å². The summed E-state index contributed by atoms with van der Waals surface area (Å²) in [5.74, 6) is 0.423. The zero-order valence-electron chi connectivity index (χ0n) is 11.0. The Hall–Kier alpha value is -2.08. The van der Waals surface area contributed by atoms with Crippen LogP contribution in [-0.2, 0) is 11.3 Å². The third kappa shape index (κ3) is 3.96. The number of nitrogens with zero attached hydrogens (tertiary/aromatic N) is 2. The van der Waals surface area contributed by atoms with Crippen LogP contribution in [0.1, 0.15) is 24.8 Å². The molecule has 3 heteroatoms. The van der Waals surface area contributed by atoms with Crippen molar-refractivity contribution in [3.8, 4) is 6.07 Å². The van der Waals surface area contributed by atoms with Crippen molar-refractivity contribution in [3.05, 3.63) is 48.0 Å². The molecule has 0 bridgehead atoms. The zero-order chi connectivity index (χ0) is 13.5. The highest BCUT2D eigenvalue weighted by Gasteiger charge is 2.19. The normalized spacial score (nSPS) is 17.1. The molecule has 0 saturated heterocycles. The van der Waals surface area contributed by atoms with E-state index in [2.05, 4.69) is 18.2 Å². The van der Waals surface area contributed by atoms with Gasteiger partial charge in [0.25, 0.3) is 0 Å². The van der Waals surface area contributed by atoms with Crippen molar-refractivity contribution in [3.63, 3.8) is 0 Å². The standard InChI is InChI=1S/C16H18N2O/c17-10-11-18(13-15-8-2-1-3-9-15)16(19)12-14-6-4-5-7-14/h1-4,6,8-9,14H,5,7,11-13H2/t14-/m1/s1. The molecular weight excluding hydrogens is 236 g/mol. The first kappa shape index (κ1) is 13.4. The van der Waals surface area contributed by atoms with Gasteiger partial charge in [0, 0.05) is 13.0 Å². The number of carbonyl (C=O) groups excluding carboxylic acids is 1. The number of carbonyl (C=O) groups is 1. The summed E-state index contributed by atoms with van der Waals surface area (Å²) in [6.45, 7) is 0.674. The lowest BCUT2D eigenvalue weighted by molar-refractivity contribution is -0.131. The van der Waals surface area contributed by atoms with Gasteiger partial charge >= 0.3 is 0 Å². The Morgan fingerprint density at radius 2 is 2.16 bits per heavy atom. The van der Waals surface area contributed by atoms with Crippen molar-refractivity contribution in [2.75, 3.05) is 6.54 Å². The van der Waals surface area contributed by atoms with Crippen LogP contribution in [-0.4, -0.2) is 17.4 Å². The molecule has 1 amide bonds. The zero-order valence-corrected chi connectivity index (χ0v) is 11.0. The molecule has 0 saturated carbocycles. The predicted octanol–water partition coefficient (Wildman–Crippen LogP) is 2.90. The van der Waals surface area contributed by atoms with Crippen LogP contribution in [0.2, 0.25) is 0 Å². The molecule has 1 aliphatic rings. The molecule has 98 valence electrons. The van der Waals surface area contributed by atoms with Gasteiger partial charge in [-0.2, -0.15) is 5.26 Å². The smallest absolute Gasteiger partial charge is 0.224 e. The highest BCUT2D eigenvalue weighted by atomic mass is 16.2. The maximum absolute atomic E-state index is 12.2. The lowest BCUT2D eigenvalue weighted by Gasteiger charge is -2.21. The summed E-state index contributed by atoms with van der Waals surface area (Å²) in [7, 11) is 0. The van der Waals surface area contributed by atoms with Crippen LogP contribution in [0, 0.1) is 17.2 Å². The lowest BCUT2D eigenvalue weighted by Crippen LogP contribution is -2.31. The van der Waals surface area contributed by atoms with E-state index in [-0.39, 0.29) is 12.5 Å². The van der Waals surface area contributed by atoms with Crippen LogP contribution < -0.4 is 0 Å². The monoisotopic (exact) mass is 254 g/mol. The Balaban J connectivity index is 1.96. The van der Waals surface area contributed by atoms with E-state index < -0.39 is 0 Å². The molecule has 0 aliphatic heterocycles. The van der Waals surface area contributed by atoms with Gasteiger partial charge in [0.2, 0.25) is 5.91 Å². The summed E-state index contributed by atoms with van der Waals surface area (Å²) >= 11 is 0. The number of benzene rings is 1. The van der Waals surface area contributed by atoms with Gasteiger partial charge in [0.1, 0.15) is 6.54 Å². The van der Waals surface area contributed by atoms with Gasteiger partial charge in [-0.25, -0.2) is 0 Å². The SMILES string of the molecule is N#CCN(Cc1ccccc1)C(=O)C[C@@H]1C=CCC1. The summed E-state index contributed by atoms with van der Waals surface area (Å²) < 4.78 is 0. The Morgan fingerprint density at radius 3 is 2.79 bits per heavy atom. The quantitative estimate of drug-likeness (QED) is 0.599. The largest absolute Gasteiger partial charge is 0.325 e. The second kappa shape index (κ2) is 6.75. The summed E-state index contributed by atoms with van der Waals surface area (Å²) in [6, 6.07) is 11.9. The van der Waals surface area contributed by atoms with Gasteiger partial charge in [-0.1, -0.05) is 42.5 Å². The Kier molecular flexibility index (Phi) is 4.74. The van der Waals surface area contributed by atoms with Gasteiger partial charge in [0.15, 0.2) is 0 Å². The molecule has 0 aromatic heterocycles. The van der Waals surface area contributed by atoms with Crippen molar-refractivity contribution < 1.29 is 4.79 Å². The van der Waals surface area contributed by atoms with Crippen LogP contribution in [0.3, 0.4) is 0 Å². The minimum Gasteiger partial charge on any atom is -0.325 e. The van der Waals surface area contributed by atoms with Crippen molar-refractivity contribution >= 4 is 5.91 Å². The number of nitriles is 1. The van der Waals surface area contributed by atoms with Gasteiger partial charge in [-0.05, 0) is 24.3 Å². The third-order valence-corrected chi connectivity index (χ3v) is 3.38. The number of rotatable bonds is 5. The second-order valence-corrected chi connectivity index (χ2v) is 4.86. The van der Waals surface area contributed by atoms with Gasteiger partial charge in [-0.3, -0.25) is 4.79 Å². The van der Waals surface area contributed by atoms with E-state index in [1.54, 1.807) is 4.90 Å². The maximum Gasteiger partial charge on any atom is 0.224 e. The third-order valence-electron chi connectivity index (χ3n) is 3.38. The van der Waals surface area contributed by atoms with Crippen molar-refractivity contribution in [1.82, 2.24) is 4.90 Å². The molecule has 0 fully saturated rings. The fourth-order valence-electron chi connectivity index (χ4n) is 2.34. The van der Waals surface area contributed by atoms with Crippen molar-refractivity contribution in [2.24, 2.45) is 5.92 Å². The number of amides is 1. The van der Waals surface area contributed by atoms with Gasteiger partial charge in [-0.15, -0.1) is 0 Å². The Morgan fingerprint density at radius 1 is 1.37 bits per heavy atom. The molecule has 1 aromatic rings. The molecule has 1 aromatic carbocycles. The molecule has 0 spiro atoms. The van der Waals surface area contributed by atoms with E-state index in [1.165, 1.54) is 0 Å². The highest BCUT2D eigenvalue weighted by Crippen LogP contribution is 2.21. The molecule has 19 heavy (non-hydrogen) atoms. The minimum absolute atomic E-state index is 0.0713. The molecule has 2 rings (SSSR count). The van der Waals surface area contributed by atoms with E-state index in [0.29, 0.717) is 18.9 Å². The second-order valence-electron chi connectivity index (χ2n) is 4.86. The van der Waals surface area contributed by atoms with Crippen LogP contribution in [0.25, 0.3) is 0 Å².